The number of carboxylic acids is 1. The van der Waals surface area contributed by atoms with Crippen molar-refractivity contribution in [2.45, 2.75) is 106 Å². The quantitative estimate of drug-likeness (QED) is 0.351. The number of fused-ring (bicyclic) bond motifs is 4. The Balaban J connectivity index is 1.63. The Kier molecular flexibility index (Phi) is 6.10. The highest BCUT2D eigenvalue weighted by Gasteiger charge is 2.63. The maximum absolute atomic E-state index is 12.8. The summed E-state index contributed by atoms with van der Waals surface area (Å²) in [5.41, 5.74) is 3.68. The molecule has 4 nitrogen and oxygen atoms in total. The first kappa shape index (κ1) is 25.4. The molecule has 188 valence electrons. The fraction of sp³-hybridized carbons (Fsp3) is 0.767. The lowest BCUT2D eigenvalue weighted by Crippen LogP contribution is -2.53. The standard InChI is InChI=1S/C30H44O4/c1-18(16-20(31)17-19(2)26(33)34)21-10-14-30(7)23-8-9-24-27(3,4)25(32)12-13-28(24,5)22(23)11-15-29(21,30)6/h17-18,21,24H,8-16H2,1-7H3,(H,33,34)/b19-17+/t18-,21-,24+,28-,29-,30+/m1/s1. The van der Waals surface area contributed by atoms with E-state index in [1.54, 1.807) is 11.1 Å². The molecule has 1 N–H and O–H groups in total. The van der Waals surface area contributed by atoms with E-state index in [2.05, 4.69) is 41.5 Å². The molecule has 4 aliphatic carbocycles. The fourth-order valence-electron chi connectivity index (χ4n) is 9.26. The van der Waals surface area contributed by atoms with Gasteiger partial charge in [0, 0.05) is 23.8 Å². The van der Waals surface area contributed by atoms with Gasteiger partial charge in [0.15, 0.2) is 5.78 Å². The van der Waals surface area contributed by atoms with Gasteiger partial charge in [-0.25, -0.2) is 4.79 Å². The highest BCUT2D eigenvalue weighted by molar-refractivity contribution is 5.98. The van der Waals surface area contributed by atoms with E-state index in [0.717, 1.165) is 38.5 Å². The number of carbonyl (C=O) groups excluding carboxylic acids is 2. The van der Waals surface area contributed by atoms with Crippen LogP contribution in [0.25, 0.3) is 0 Å². The van der Waals surface area contributed by atoms with Crippen LogP contribution in [0.4, 0.5) is 0 Å². The minimum Gasteiger partial charge on any atom is -0.478 e. The van der Waals surface area contributed by atoms with E-state index >= 15 is 0 Å². The zero-order valence-corrected chi connectivity index (χ0v) is 22.3. The molecule has 4 aliphatic rings. The van der Waals surface area contributed by atoms with Crippen LogP contribution in [0.3, 0.4) is 0 Å². The number of hydrogen-bond acceptors (Lipinski definition) is 3. The Bertz CT molecular complexity index is 984. The molecule has 0 aromatic carbocycles. The zero-order valence-electron chi connectivity index (χ0n) is 22.3. The largest absolute Gasteiger partial charge is 0.478 e. The Hall–Kier alpha value is -1.71. The molecule has 0 spiro atoms. The van der Waals surface area contributed by atoms with Crippen molar-refractivity contribution < 1.29 is 19.5 Å². The molecule has 0 aromatic heterocycles. The minimum atomic E-state index is -1.02. The van der Waals surface area contributed by atoms with Gasteiger partial charge >= 0.3 is 5.97 Å². The van der Waals surface area contributed by atoms with E-state index in [1.165, 1.54) is 19.4 Å². The number of rotatable bonds is 5. The summed E-state index contributed by atoms with van der Waals surface area (Å²) in [6.07, 6.45) is 10.2. The van der Waals surface area contributed by atoms with E-state index in [4.69, 9.17) is 5.11 Å². The number of Topliss-reactive ketones (excluding diaryl/α,β-unsaturated/α-hetero) is 1. The minimum absolute atomic E-state index is 0.0672. The summed E-state index contributed by atoms with van der Waals surface area (Å²) in [7, 11) is 0. The van der Waals surface area contributed by atoms with Crippen molar-refractivity contribution in [3.63, 3.8) is 0 Å². The summed E-state index contributed by atoms with van der Waals surface area (Å²) in [5.74, 6) is 0.483. The summed E-state index contributed by atoms with van der Waals surface area (Å²) >= 11 is 0. The number of allylic oxidation sites excluding steroid dienone is 3. The lowest BCUT2D eigenvalue weighted by atomic mass is 9.43. The third-order valence-electron chi connectivity index (χ3n) is 11.5. The average molecular weight is 469 g/mol. The molecule has 4 rings (SSSR count). The fourth-order valence-corrected chi connectivity index (χ4v) is 9.26. The second-order valence-corrected chi connectivity index (χ2v) is 13.3. The van der Waals surface area contributed by atoms with Gasteiger partial charge in [-0.1, -0.05) is 52.7 Å². The molecule has 0 unspecified atom stereocenters. The van der Waals surface area contributed by atoms with E-state index in [9.17, 15) is 14.4 Å². The van der Waals surface area contributed by atoms with Gasteiger partial charge in [0.25, 0.3) is 0 Å². The molecule has 34 heavy (non-hydrogen) atoms. The molecule has 4 heteroatoms. The van der Waals surface area contributed by atoms with E-state index in [0.29, 0.717) is 30.5 Å². The van der Waals surface area contributed by atoms with Crippen LogP contribution in [0.2, 0.25) is 0 Å². The molecule has 0 radical (unpaired) electrons. The Morgan fingerprint density at radius 1 is 1.00 bits per heavy atom. The molecule has 0 saturated heterocycles. The van der Waals surface area contributed by atoms with Crippen LogP contribution in [-0.4, -0.2) is 22.6 Å². The zero-order chi connectivity index (χ0) is 25.3. The lowest BCUT2D eigenvalue weighted by molar-refractivity contribution is -0.139. The molecule has 0 amide bonds. The Morgan fingerprint density at radius 3 is 2.32 bits per heavy atom. The van der Waals surface area contributed by atoms with Crippen molar-refractivity contribution in [2.24, 2.45) is 39.4 Å². The van der Waals surface area contributed by atoms with Crippen molar-refractivity contribution in [3.05, 3.63) is 22.8 Å². The molecule has 2 fully saturated rings. The number of carboxylic acid groups (broad SMARTS) is 1. The first-order valence-corrected chi connectivity index (χ1v) is 13.4. The van der Waals surface area contributed by atoms with Crippen LogP contribution < -0.4 is 0 Å². The van der Waals surface area contributed by atoms with Crippen molar-refractivity contribution in [2.75, 3.05) is 0 Å². The van der Waals surface area contributed by atoms with Crippen LogP contribution in [0.5, 0.6) is 0 Å². The van der Waals surface area contributed by atoms with Crippen LogP contribution in [0.1, 0.15) is 106 Å². The third-order valence-corrected chi connectivity index (χ3v) is 11.5. The van der Waals surface area contributed by atoms with Crippen LogP contribution in [0.15, 0.2) is 22.8 Å². The molecular formula is C30H44O4. The summed E-state index contributed by atoms with van der Waals surface area (Å²) < 4.78 is 0. The second-order valence-electron chi connectivity index (χ2n) is 13.3. The summed E-state index contributed by atoms with van der Waals surface area (Å²) in [5, 5.41) is 9.12. The maximum atomic E-state index is 12.8. The molecule has 0 aromatic rings. The van der Waals surface area contributed by atoms with Crippen molar-refractivity contribution in [1.29, 1.82) is 0 Å². The number of aliphatic carboxylic acids is 1. The smallest absolute Gasteiger partial charge is 0.331 e. The first-order chi connectivity index (χ1) is 15.7. The van der Waals surface area contributed by atoms with Gasteiger partial charge in [-0.05, 0) is 91.9 Å². The van der Waals surface area contributed by atoms with Crippen molar-refractivity contribution >= 4 is 17.5 Å². The highest BCUT2D eigenvalue weighted by atomic mass is 16.4. The Morgan fingerprint density at radius 2 is 1.68 bits per heavy atom. The van der Waals surface area contributed by atoms with Crippen LogP contribution >= 0.6 is 0 Å². The second kappa shape index (κ2) is 8.17. The van der Waals surface area contributed by atoms with Gasteiger partial charge in [0.05, 0.1) is 0 Å². The number of ketones is 2. The Labute approximate surface area is 205 Å². The maximum Gasteiger partial charge on any atom is 0.331 e. The lowest BCUT2D eigenvalue weighted by Gasteiger charge is -2.60. The van der Waals surface area contributed by atoms with Gasteiger partial charge in [-0.2, -0.15) is 0 Å². The summed E-state index contributed by atoms with van der Waals surface area (Å²) in [6, 6.07) is 0. The molecule has 0 heterocycles. The van der Waals surface area contributed by atoms with E-state index < -0.39 is 5.97 Å². The van der Waals surface area contributed by atoms with Crippen molar-refractivity contribution in [1.82, 2.24) is 0 Å². The predicted molar refractivity (Wildman–Crippen MR) is 134 cm³/mol. The third kappa shape index (κ3) is 3.49. The number of carbonyl (C=O) groups is 3. The molecule has 0 bridgehead atoms. The monoisotopic (exact) mass is 468 g/mol. The van der Waals surface area contributed by atoms with Gasteiger partial charge < -0.3 is 5.11 Å². The summed E-state index contributed by atoms with van der Waals surface area (Å²) in [6.45, 7) is 15.5. The van der Waals surface area contributed by atoms with Crippen LogP contribution in [0, 0.1) is 39.4 Å². The van der Waals surface area contributed by atoms with E-state index in [1.807, 2.05) is 0 Å². The highest BCUT2D eigenvalue weighted by Crippen LogP contribution is 2.72. The topological polar surface area (TPSA) is 71.4 Å². The van der Waals surface area contributed by atoms with Gasteiger partial charge in [0.2, 0.25) is 0 Å². The van der Waals surface area contributed by atoms with Gasteiger partial charge in [-0.15, -0.1) is 0 Å². The van der Waals surface area contributed by atoms with Crippen molar-refractivity contribution in [3.8, 4) is 0 Å². The molecule has 2 saturated carbocycles. The molecular weight excluding hydrogens is 424 g/mol. The first-order valence-electron chi connectivity index (χ1n) is 13.4. The SMILES string of the molecule is C/C(=C\C(=O)C[C@@H](C)[C@H]1CC[C@@]2(C)C3=C(CC[C@]12C)[C@@]1(C)CCC(=O)C(C)(C)[C@@H]1CC3)C(=O)O. The van der Waals surface area contributed by atoms with Gasteiger partial charge in [0.1, 0.15) is 5.78 Å². The van der Waals surface area contributed by atoms with Gasteiger partial charge in [-0.3, -0.25) is 9.59 Å². The summed E-state index contributed by atoms with van der Waals surface area (Å²) in [4.78, 5) is 36.5. The van der Waals surface area contributed by atoms with Crippen LogP contribution in [-0.2, 0) is 14.4 Å². The van der Waals surface area contributed by atoms with E-state index in [-0.39, 0.29) is 38.9 Å². The number of hydrogen-bond donors (Lipinski definition) is 1. The normalized spacial score (nSPS) is 40.3. The average Bonchev–Trinajstić information content (AvgIpc) is 3.02. The molecule has 6 atom stereocenters. The predicted octanol–water partition coefficient (Wildman–Crippen LogP) is 6.93. The molecule has 0 aliphatic heterocycles.